The molecule has 0 spiro atoms. The van der Waals surface area contributed by atoms with Crippen LogP contribution in [0.1, 0.15) is 35.7 Å². The van der Waals surface area contributed by atoms with Gasteiger partial charge in [-0.1, -0.05) is 13.0 Å². The summed E-state index contributed by atoms with van der Waals surface area (Å²) in [4.78, 5) is 34.9. The maximum atomic E-state index is 12.6. The number of hydrogen-bond acceptors (Lipinski definition) is 5. The second kappa shape index (κ2) is 7.09. The lowest BCUT2D eigenvalue weighted by Crippen LogP contribution is -2.34. The van der Waals surface area contributed by atoms with Crippen LogP contribution in [0, 0.1) is 5.92 Å². The van der Waals surface area contributed by atoms with Gasteiger partial charge in [0.1, 0.15) is 0 Å². The Morgan fingerprint density at radius 1 is 1.50 bits per heavy atom. The van der Waals surface area contributed by atoms with Gasteiger partial charge in [-0.15, -0.1) is 11.3 Å². The minimum absolute atomic E-state index is 0.0223. The van der Waals surface area contributed by atoms with Crippen LogP contribution in [0.15, 0.2) is 29.9 Å². The molecule has 24 heavy (non-hydrogen) atoms. The van der Waals surface area contributed by atoms with Gasteiger partial charge in [0, 0.05) is 31.2 Å². The average Bonchev–Trinajstić information content (AvgIpc) is 3.18. The van der Waals surface area contributed by atoms with E-state index in [-0.39, 0.29) is 24.3 Å². The Labute approximate surface area is 144 Å². The van der Waals surface area contributed by atoms with E-state index in [1.165, 1.54) is 0 Å². The Kier molecular flexibility index (Phi) is 4.89. The lowest BCUT2D eigenvalue weighted by atomic mass is 9.94. The molecule has 1 aliphatic heterocycles. The van der Waals surface area contributed by atoms with Crippen LogP contribution in [-0.4, -0.2) is 33.7 Å². The van der Waals surface area contributed by atoms with Crippen molar-refractivity contribution in [2.45, 2.75) is 32.4 Å². The fourth-order valence-corrected chi connectivity index (χ4v) is 3.76. The molecule has 2 aromatic rings. The monoisotopic (exact) mass is 344 g/mol. The Morgan fingerprint density at radius 2 is 2.33 bits per heavy atom. The Morgan fingerprint density at radius 3 is 3.00 bits per heavy atom. The summed E-state index contributed by atoms with van der Waals surface area (Å²) in [6.45, 7) is 2.45. The molecular weight excluding hydrogens is 324 g/mol. The van der Waals surface area contributed by atoms with E-state index in [2.05, 4.69) is 22.2 Å². The zero-order valence-corrected chi connectivity index (χ0v) is 14.5. The number of nitrogens with one attached hydrogen (secondary N) is 1. The predicted octanol–water partition coefficient (Wildman–Crippen LogP) is 1.94. The molecule has 126 valence electrons. The summed E-state index contributed by atoms with van der Waals surface area (Å²) < 4.78 is 0. The fraction of sp³-hybridized carbons (Fsp3) is 0.412. The van der Waals surface area contributed by atoms with Gasteiger partial charge in [0.25, 0.3) is 0 Å². The van der Waals surface area contributed by atoms with E-state index in [1.54, 1.807) is 35.7 Å². The molecule has 7 heteroatoms. The predicted molar refractivity (Wildman–Crippen MR) is 91.2 cm³/mol. The first-order chi connectivity index (χ1) is 11.6. The first kappa shape index (κ1) is 16.6. The maximum absolute atomic E-state index is 12.6. The van der Waals surface area contributed by atoms with E-state index >= 15 is 0 Å². The summed E-state index contributed by atoms with van der Waals surface area (Å²) in [6.07, 6.45) is 4.51. The number of likely N-dealkylation sites (tertiary alicyclic amines) is 1. The van der Waals surface area contributed by atoms with E-state index in [0.717, 1.165) is 22.7 Å². The van der Waals surface area contributed by atoms with Crippen molar-refractivity contribution in [1.29, 1.82) is 0 Å². The van der Waals surface area contributed by atoms with E-state index in [9.17, 15) is 9.59 Å². The number of aromatic nitrogens is 2. The van der Waals surface area contributed by atoms with Crippen LogP contribution < -0.4 is 5.32 Å². The standard InChI is InChI=1S/C17H20N4O2S/c1-3-14-20-12(10-24-14)9-19-17(23)13-7-15(22)21(2)16(13)11-5-4-6-18-8-11/h4-6,8,10,13,16H,3,7,9H2,1-2H3,(H,19,23)/t13-,16+/m0/s1. The normalized spacial score (nSPS) is 20.4. The molecule has 1 fully saturated rings. The molecule has 3 heterocycles. The number of pyridine rings is 1. The Bertz CT molecular complexity index is 731. The molecule has 1 saturated heterocycles. The van der Waals surface area contributed by atoms with Gasteiger partial charge in [-0.3, -0.25) is 14.6 Å². The lowest BCUT2D eigenvalue weighted by Gasteiger charge is -2.24. The molecule has 6 nitrogen and oxygen atoms in total. The quantitative estimate of drug-likeness (QED) is 0.899. The number of aryl methyl sites for hydroxylation is 1. The summed E-state index contributed by atoms with van der Waals surface area (Å²) in [6, 6.07) is 3.46. The van der Waals surface area contributed by atoms with E-state index in [1.807, 2.05) is 17.5 Å². The summed E-state index contributed by atoms with van der Waals surface area (Å²) >= 11 is 1.60. The number of carbonyl (C=O) groups excluding carboxylic acids is 2. The zero-order valence-electron chi connectivity index (χ0n) is 13.7. The lowest BCUT2D eigenvalue weighted by molar-refractivity contribution is -0.128. The largest absolute Gasteiger partial charge is 0.350 e. The number of hydrogen-bond donors (Lipinski definition) is 1. The van der Waals surface area contributed by atoms with Crippen molar-refractivity contribution in [2.75, 3.05) is 7.05 Å². The Hall–Kier alpha value is -2.28. The van der Waals surface area contributed by atoms with Crippen molar-refractivity contribution >= 4 is 23.2 Å². The van der Waals surface area contributed by atoms with Gasteiger partial charge < -0.3 is 10.2 Å². The minimum Gasteiger partial charge on any atom is -0.350 e. The van der Waals surface area contributed by atoms with Crippen molar-refractivity contribution in [1.82, 2.24) is 20.2 Å². The molecular formula is C17H20N4O2S. The van der Waals surface area contributed by atoms with Crippen LogP contribution >= 0.6 is 11.3 Å². The summed E-state index contributed by atoms with van der Waals surface area (Å²) in [5, 5.41) is 5.95. The van der Waals surface area contributed by atoms with E-state index in [0.29, 0.717) is 6.54 Å². The first-order valence-corrected chi connectivity index (χ1v) is 8.84. The number of nitrogens with zero attached hydrogens (tertiary/aromatic N) is 3. The number of amides is 2. The highest BCUT2D eigenvalue weighted by Gasteiger charge is 2.42. The van der Waals surface area contributed by atoms with Gasteiger partial charge in [0.15, 0.2) is 0 Å². The summed E-state index contributed by atoms with van der Waals surface area (Å²) in [5.41, 5.74) is 1.74. The van der Waals surface area contributed by atoms with Crippen LogP contribution in [0.2, 0.25) is 0 Å². The molecule has 0 radical (unpaired) electrons. The second-order valence-electron chi connectivity index (χ2n) is 5.85. The van der Waals surface area contributed by atoms with Crippen LogP contribution in [0.25, 0.3) is 0 Å². The van der Waals surface area contributed by atoms with Crippen LogP contribution in [-0.2, 0) is 22.6 Å². The second-order valence-corrected chi connectivity index (χ2v) is 6.79. The zero-order chi connectivity index (χ0) is 17.1. The smallest absolute Gasteiger partial charge is 0.226 e. The van der Waals surface area contributed by atoms with Crippen LogP contribution in [0.5, 0.6) is 0 Å². The highest BCUT2D eigenvalue weighted by Crippen LogP contribution is 2.36. The van der Waals surface area contributed by atoms with Crippen LogP contribution in [0.3, 0.4) is 0 Å². The van der Waals surface area contributed by atoms with Gasteiger partial charge in [-0.25, -0.2) is 4.98 Å². The third-order valence-corrected chi connectivity index (χ3v) is 5.34. The molecule has 2 atom stereocenters. The molecule has 1 N–H and O–H groups in total. The van der Waals surface area contributed by atoms with Crippen molar-refractivity contribution in [3.05, 3.63) is 46.2 Å². The summed E-state index contributed by atoms with van der Waals surface area (Å²) in [5.74, 6) is -0.547. The van der Waals surface area contributed by atoms with Gasteiger partial charge in [0.05, 0.1) is 29.2 Å². The molecule has 1 aliphatic rings. The van der Waals surface area contributed by atoms with Crippen molar-refractivity contribution in [3.63, 3.8) is 0 Å². The van der Waals surface area contributed by atoms with Gasteiger partial charge in [-0.05, 0) is 18.1 Å². The average molecular weight is 344 g/mol. The third kappa shape index (κ3) is 3.31. The molecule has 3 rings (SSSR count). The van der Waals surface area contributed by atoms with Crippen molar-refractivity contribution in [2.24, 2.45) is 5.92 Å². The maximum Gasteiger partial charge on any atom is 0.226 e. The molecule has 2 aromatic heterocycles. The van der Waals surface area contributed by atoms with Gasteiger partial charge in [0.2, 0.25) is 11.8 Å². The first-order valence-electron chi connectivity index (χ1n) is 7.96. The van der Waals surface area contributed by atoms with Gasteiger partial charge in [-0.2, -0.15) is 0 Å². The molecule has 0 bridgehead atoms. The topological polar surface area (TPSA) is 75.2 Å². The minimum atomic E-state index is -0.406. The van der Waals surface area contributed by atoms with Gasteiger partial charge >= 0.3 is 0 Å². The summed E-state index contributed by atoms with van der Waals surface area (Å²) in [7, 11) is 1.74. The highest BCUT2D eigenvalue weighted by atomic mass is 32.1. The number of thiazole rings is 1. The molecule has 0 unspecified atom stereocenters. The Balaban J connectivity index is 1.71. The van der Waals surface area contributed by atoms with Crippen LogP contribution in [0.4, 0.5) is 0 Å². The number of rotatable bonds is 5. The fourth-order valence-electron chi connectivity index (χ4n) is 3.01. The van der Waals surface area contributed by atoms with Crippen molar-refractivity contribution < 1.29 is 9.59 Å². The molecule has 0 saturated carbocycles. The number of carbonyl (C=O) groups is 2. The molecule has 0 aliphatic carbocycles. The molecule has 2 amide bonds. The highest BCUT2D eigenvalue weighted by molar-refractivity contribution is 7.09. The van der Waals surface area contributed by atoms with E-state index < -0.39 is 5.92 Å². The van der Waals surface area contributed by atoms with E-state index in [4.69, 9.17) is 0 Å². The third-order valence-electron chi connectivity index (χ3n) is 4.29. The SMILES string of the molecule is CCc1nc(CNC(=O)[C@H]2CC(=O)N(C)[C@@H]2c2cccnc2)cs1. The molecule has 0 aromatic carbocycles. The van der Waals surface area contributed by atoms with Crippen molar-refractivity contribution in [3.8, 4) is 0 Å².